The fourth-order valence-corrected chi connectivity index (χ4v) is 11.5. The maximum absolute atomic E-state index is 12.6. The number of aliphatic hydroxyl groups excluding tert-OH is 2. The van der Waals surface area contributed by atoms with Crippen LogP contribution in [-0.4, -0.2) is 47.4 Å². The first-order chi connectivity index (χ1) is 37.5. The zero-order chi connectivity index (χ0) is 55.0. The predicted octanol–water partition coefficient (Wildman–Crippen LogP) is 22.6. The Hall–Kier alpha value is -1.14. The molecular weight excluding hydrogens is 935 g/mol. The molecule has 0 aromatic heterocycles. The standard InChI is InChI=1S/C70H139NO5/c1-3-5-7-9-11-13-15-17-19-21-22-23-24-25-26-28-31-34-38-42-46-50-54-58-62-68(73)67(66-72)71-69(74)63-59-55-51-47-43-39-35-32-29-27-30-33-37-41-45-49-53-57-61-65-76-70(75)64-60-56-52-48-44-40-36-20-18-16-14-12-10-8-6-4-2/h67-68,72-73H,3-66H2,1-2H3,(H,71,74). The number of hydrogen-bond acceptors (Lipinski definition) is 5. The number of esters is 1. The Kier molecular flexibility index (Phi) is 65.4. The predicted molar refractivity (Wildman–Crippen MR) is 334 cm³/mol. The van der Waals surface area contributed by atoms with Crippen LogP contribution in [0.2, 0.25) is 0 Å². The van der Waals surface area contributed by atoms with Gasteiger partial charge in [-0.3, -0.25) is 9.59 Å². The molecule has 0 aliphatic heterocycles. The molecule has 0 aliphatic carbocycles. The first kappa shape index (κ1) is 74.9. The second-order valence-electron chi connectivity index (χ2n) is 24.6. The van der Waals surface area contributed by atoms with Crippen LogP contribution in [-0.2, 0) is 14.3 Å². The van der Waals surface area contributed by atoms with Crippen LogP contribution >= 0.6 is 0 Å². The molecule has 6 nitrogen and oxygen atoms in total. The van der Waals surface area contributed by atoms with E-state index < -0.39 is 12.1 Å². The fraction of sp³-hybridized carbons (Fsp3) is 0.971. The van der Waals surface area contributed by atoms with E-state index in [4.69, 9.17) is 4.74 Å². The Labute approximate surface area is 476 Å². The topological polar surface area (TPSA) is 95.9 Å². The average molecular weight is 1070 g/mol. The third-order valence-corrected chi connectivity index (χ3v) is 16.9. The van der Waals surface area contributed by atoms with E-state index in [2.05, 4.69) is 19.2 Å². The lowest BCUT2D eigenvalue weighted by molar-refractivity contribution is -0.143. The van der Waals surface area contributed by atoms with E-state index in [1.165, 1.54) is 340 Å². The third-order valence-electron chi connectivity index (χ3n) is 16.9. The van der Waals surface area contributed by atoms with Crippen molar-refractivity contribution in [1.29, 1.82) is 0 Å². The van der Waals surface area contributed by atoms with Crippen LogP contribution in [0.1, 0.15) is 412 Å². The highest BCUT2D eigenvalue weighted by atomic mass is 16.5. The zero-order valence-electron chi connectivity index (χ0n) is 52.0. The van der Waals surface area contributed by atoms with Crippen LogP contribution < -0.4 is 5.32 Å². The third kappa shape index (κ3) is 62.1. The van der Waals surface area contributed by atoms with Crippen molar-refractivity contribution in [2.75, 3.05) is 13.2 Å². The highest BCUT2D eigenvalue weighted by Crippen LogP contribution is 2.20. The summed E-state index contributed by atoms with van der Waals surface area (Å²) in [7, 11) is 0. The van der Waals surface area contributed by atoms with Gasteiger partial charge >= 0.3 is 5.97 Å². The van der Waals surface area contributed by atoms with Gasteiger partial charge < -0.3 is 20.3 Å². The Bertz CT molecular complexity index is 1100. The van der Waals surface area contributed by atoms with Crippen molar-refractivity contribution in [2.45, 2.75) is 424 Å². The summed E-state index contributed by atoms with van der Waals surface area (Å²) in [6.07, 6.45) is 80.0. The molecule has 2 unspecified atom stereocenters. The molecule has 3 N–H and O–H groups in total. The van der Waals surface area contributed by atoms with Gasteiger partial charge in [0.05, 0.1) is 25.4 Å². The summed E-state index contributed by atoms with van der Waals surface area (Å²) >= 11 is 0. The van der Waals surface area contributed by atoms with E-state index in [-0.39, 0.29) is 18.5 Å². The van der Waals surface area contributed by atoms with E-state index in [9.17, 15) is 19.8 Å². The van der Waals surface area contributed by atoms with Gasteiger partial charge in [0.1, 0.15) is 0 Å². The fourth-order valence-electron chi connectivity index (χ4n) is 11.5. The van der Waals surface area contributed by atoms with Crippen molar-refractivity contribution in [3.05, 3.63) is 0 Å². The normalized spacial score (nSPS) is 12.4. The van der Waals surface area contributed by atoms with Crippen molar-refractivity contribution in [3.63, 3.8) is 0 Å². The molecule has 0 fully saturated rings. The van der Waals surface area contributed by atoms with E-state index in [0.29, 0.717) is 25.9 Å². The number of carbonyl (C=O) groups excluding carboxylic acids is 2. The molecule has 6 heteroatoms. The van der Waals surface area contributed by atoms with Gasteiger partial charge in [-0.05, 0) is 25.7 Å². The van der Waals surface area contributed by atoms with Crippen LogP contribution in [0.15, 0.2) is 0 Å². The number of hydrogen-bond donors (Lipinski definition) is 3. The molecule has 76 heavy (non-hydrogen) atoms. The molecule has 0 aliphatic rings. The van der Waals surface area contributed by atoms with Crippen LogP contribution in [0.3, 0.4) is 0 Å². The largest absolute Gasteiger partial charge is 0.466 e. The number of aliphatic hydroxyl groups is 2. The van der Waals surface area contributed by atoms with Gasteiger partial charge in [-0.2, -0.15) is 0 Å². The van der Waals surface area contributed by atoms with Gasteiger partial charge in [0.25, 0.3) is 0 Å². The lowest BCUT2D eigenvalue weighted by Gasteiger charge is -2.22. The Balaban J connectivity index is 3.38. The summed E-state index contributed by atoms with van der Waals surface area (Å²) in [6, 6.07) is -0.544. The van der Waals surface area contributed by atoms with Crippen LogP contribution in [0, 0.1) is 0 Å². The van der Waals surface area contributed by atoms with Crippen molar-refractivity contribution >= 4 is 11.9 Å². The maximum atomic E-state index is 12.6. The molecule has 0 saturated heterocycles. The first-order valence-corrected chi connectivity index (χ1v) is 35.3. The summed E-state index contributed by atoms with van der Waals surface area (Å²) in [5.41, 5.74) is 0. The highest BCUT2D eigenvalue weighted by Gasteiger charge is 2.20. The van der Waals surface area contributed by atoms with Gasteiger partial charge in [-0.25, -0.2) is 0 Å². The molecule has 454 valence electrons. The van der Waals surface area contributed by atoms with E-state index in [0.717, 1.165) is 38.5 Å². The number of nitrogens with one attached hydrogen (secondary N) is 1. The maximum Gasteiger partial charge on any atom is 0.305 e. The molecule has 0 saturated carbocycles. The van der Waals surface area contributed by atoms with Gasteiger partial charge in [-0.15, -0.1) is 0 Å². The summed E-state index contributed by atoms with van der Waals surface area (Å²) in [6.45, 7) is 5.00. The van der Waals surface area contributed by atoms with Gasteiger partial charge in [-0.1, -0.05) is 373 Å². The smallest absolute Gasteiger partial charge is 0.305 e. The minimum atomic E-state index is -0.667. The van der Waals surface area contributed by atoms with Crippen molar-refractivity contribution in [3.8, 4) is 0 Å². The van der Waals surface area contributed by atoms with Crippen molar-refractivity contribution < 1.29 is 24.5 Å². The molecule has 0 bridgehead atoms. The lowest BCUT2D eigenvalue weighted by Crippen LogP contribution is -2.45. The minimum Gasteiger partial charge on any atom is -0.466 e. The second kappa shape index (κ2) is 66.4. The zero-order valence-corrected chi connectivity index (χ0v) is 52.0. The van der Waals surface area contributed by atoms with Crippen molar-refractivity contribution in [1.82, 2.24) is 5.32 Å². The molecule has 0 heterocycles. The monoisotopic (exact) mass is 1070 g/mol. The summed E-state index contributed by atoms with van der Waals surface area (Å²) in [5, 5.41) is 23.4. The number of rotatable bonds is 67. The molecule has 0 aromatic rings. The van der Waals surface area contributed by atoms with E-state index in [1.54, 1.807) is 0 Å². The number of ether oxygens (including phenoxy) is 1. The SMILES string of the molecule is CCCCCCCCCCCCCCCCCCCCCCCCCCC(O)C(CO)NC(=O)CCCCCCCCCCCCCCCCCCCCCOC(=O)CCCCCCCCCCCCCCCCCC. The molecular formula is C70H139NO5. The van der Waals surface area contributed by atoms with Gasteiger partial charge in [0, 0.05) is 12.8 Å². The molecule has 2 atom stereocenters. The van der Waals surface area contributed by atoms with Gasteiger partial charge in [0.15, 0.2) is 0 Å². The Morgan fingerprint density at radius 3 is 0.803 bits per heavy atom. The van der Waals surface area contributed by atoms with Crippen LogP contribution in [0.5, 0.6) is 0 Å². The van der Waals surface area contributed by atoms with Gasteiger partial charge in [0.2, 0.25) is 5.91 Å². The summed E-state index contributed by atoms with van der Waals surface area (Å²) in [5.74, 6) is -0.0175. The minimum absolute atomic E-state index is 0.0143. The first-order valence-electron chi connectivity index (χ1n) is 35.3. The Morgan fingerprint density at radius 2 is 0.539 bits per heavy atom. The lowest BCUT2D eigenvalue weighted by atomic mass is 10.0. The molecule has 0 spiro atoms. The average Bonchev–Trinajstić information content (AvgIpc) is 3.42. The Morgan fingerprint density at radius 1 is 0.316 bits per heavy atom. The molecule has 0 rings (SSSR count). The summed E-state index contributed by atoms with van der Waals surface area (Å²) < 4.78 is 5.50. The quantitative estimate of drug-likeness (QED) is 0.0417. The number of carbonyl (C=O) groups is 2. The molecule has 0 radical (unpaired) electrons. The van der Waals surface area contributed by atoms with E-state index >= 15 is 0 Å². The second-order valence-corrected chi connectivity index (χ2v) is 24.6. The molecule has 1 amide bonds. The van der Waals surface area contributed by atoms with Crippen LogP contribution in [0.4, 0.5) is 0 Å². The molecule has 0 aromatic carbocycles. The van der Waals surface area contributed by atoms with Crippen LogP contribution in [0.25, 0.3) is 0 Å². The number of unbranched alkanes of at least 4 members (excludes halogenated alkanes) is 56. The van der Waals surface area contributed by atoms with Crippen molar-refractivity contribution in [2.24, 2.45) is 0 Å². The summed E-state index contributed by atoms with van der Waals surface area (Å²) in [4.78, 5) is 24.6. The highest BCUT2D eigenvalue weighted by molar-refractivity contribution is 5.76. The van der Waals surface area contributed by atoms with E-state index in [1.807, 2.05) is 0 Å². The number of amides is 1.